The molecule has 0 spiro atoms. The average Bonchev–Trinajstić information content (AvgIpc) is 3.13. The van der Waals surface area contributed by atoms with Crippen LogP contribution in [0.4, 0.5) is 0 Å². The van der Waals surface area contributed by atoms with Crippen molar-refractivity contribution in [2.75, 3.05) is 0 Å². The van der Waals surface area contributed by atoms with E-state index in [1.165, 1.54) is 0 Å². The molecule has 0 saturated carbocycles. The lowest BCUT2D eigenvalue weighted by Crippen LogP contribution is -2.41. The molecule has 1 N–H and O–H groups in total. The summed E-state index contributed by atoms with van der Waals surface area (Å²) in [6, 6.07) is 10.4. The van der Waals surface area contributed by atoms with Crippen molar-refractivity contribution in [3.8, 4) is 0 Å². The van der Waals surface area contributed by atoms with Crippen molar-refractivity contribution in [1.82, 2.24) is 15.1 Å². The minimum atomic E-state index is -0.621. The number of imide groups is 1. The molecular formula is C24H24BN3O5. The van der Waals surface area contributed by atoms with Crippen molar-refractivity contribution in [3.05, 3.63) is 69.1 Å². The Hall–Kier alpha value is -3.30. The van der Waals surface area contributed by atoms with E-state index in [0.29, 0.717) is 27.6 Å². The second-order valence-corrected chi connectivity index (χ2v) is 9.59. The molecule has 1 saturated heterocycles. The highest BCUT2D eigenvalue weighted by Crippen LogP contribution is 2.37. The maximum atomic E-state index is 12.9. The molecule has 1 fully saturated rings. The molecule has 9 heteroatoms. The van der Waals surface area contributed by atoms with Gasteiger partial charge in [-0.15, -0.1) is 0 Å². The first kappa shape index (κ1) is 21.5. The van der Waals surface area contributed by atoms with Gasteiger partial charge in [0.25, 0.3) is 17.4 Å². The van der Waals surface area contributed by atoms with Crippen LogP contribution in [0.15, 0.2) is 41.2 Å². The monoisotopic (exact) mass is 445 g/mol. The molecule has 1 aromatic heterocycles. The number of nitrogens with zero attached hydrogens (tertiary/aromatic N) is 2. The maximum Gasteiger partial charge on any atom is 0.494 e. The summed E-state index contributed by atoms with van der Waals surface area (Å²) in [4.78, 5) is 39.5. The van der Waals surface area contributed by atoms with E-state index < -0.39 is 18.3 Å². The highest BCUT2D eigenvalue weighted by molar-refractivity contribution is 6.62. The zero-order chi connectivity index (χ0) is 23.7. The van der Waals surface area contributed by atoms with Crippen molar-refractivity contribution in [2.24, 2.45) is 0 Å². The van der Waals surface area contributed by atoms with Crippen LogP contribution in [0, 0.1) is 6.92 Å². The van der Waals surface area contributed by atoms with Gasteiger partial charge >= 0.3 is 7.12 Å². The molecule has 5 rings (SSSR count). The van der Waals surface area contributed by atoms with Gasteiger partial charge < -0.3 is 9.31 Å². The fourth-order valence-electron chi connectivity index (χ4n) is 4.35. The Morgan fingerprint density at radius 3 is 2.12 bits per heavy atom. The molecule has 0 radical (unpaired) electrons. The molecule has 0 aliphatic carbocycles. The first-order valence-corrected chi connectivity index (χ1v) is 10.8. The Kier molecular flexibility index (Phi) is 4.64. The van der Waals surface area contributed by atoms with Crippen LogP contribution in [-0.2, 0) is 15.9 Å². The Bertz CT molecular complexity index is 1340. The predicted octanol–water partition coefficient (Wildman–Crippen LogP) is 2.33. The van der Waals surface area contributed by atoms with E-state index in [4.69, 9.17) is 9.31 Å². The van der Waals surface area contributed by atoms with Crippen LogP contribution in [0.2, 0.25) is 0 Å². The SMILES string of the molecule is Cc1cc(B2OC(C)(C)C(C)(C)O2)cc2c(CN3C(=O)c4ccccc4C3=O)n[nH]c(=O)c12. The van der Waals surface area contributed by atoms with Crippen LogP contribution < -0.4 is 11.0 Å². The minimum absolute atomic E-state index is 0.0636. The van der Waals surface area contributed by atoms with Crippen LogP contribution >= 0.6 is 0 Å². The number of amides is 2. The molecule has 168 valence electrons. The average molecular weight is 445 g/mol. The van der Waals surface area contributed by atoms with Crippen molar-refractivity contribution < 1.29 is 18.9 Å². The van der Waals surface area contributed by atoms with Gasteiger partial charge in [0.1, 0.15) is 0 Å². The summed E-state index contributed by atoms with van der Waals surface area (Å²) in [5.74, 6) is -0.758. The van der Waals surface area contributed by atoms with Gasteiger partial charge in [0.15, 0.2) is 0 Å². The fraction of sp³-hybridized carbons (Fsp3) is 0.333. The standard InChI is InChI=1S/C24H24BN3O5/c1-13-10-14(25-32-23(2,3)24(4,5)33-25)11-17-18(26-27-20(29)19(13)17)12-28-21(30)15-8-6-7-9-16(15)22(28)31/h6-11H,12H2,1-5H3,(H,27,29). The van der Waals surface area contributed by atoms with Crippen LogP contribution in [0.1, 0.15) is 59.7 Å². The molecule has 0 atom stereocenters. The highest BCUT2D eigenvalue weighted by atomic mass is 16.7. The normalized spacial score (nSPS) is 18.9. The number of H-pyrrole nitrogens is 1. The number of benzene rings is 2. The number of hydrogen-bond acceptors (Lipinski definition) is 6. The number of aromatic nitrogens is 2. The second-order valence-electron chi connectivity index (χ2n) is 9.59. The summed E-state index contributed by atoms with van der Waals surface area (Å²) in [5.41, 5.74) is 1.25. The van der Waals surface area contributed by atoms with Gasteiger partial charge in [-0.1, -0.05) is 24.3 Å². The summed E-state index contributed by atoms with van der Waals surface area (Å²) >= 11 is 0. The summed E-state index contributed by atoms with van der Waals surface area (Å²) in [6.07, 6.45) is 0. The van der Waals surface area contributed by atoms with E-state index in [-0.39, 0.29) is 23.9 Å². The lowest BCUT2D eigenvalue weighted by Gasteiger charge is -2.32. The Labute approximate surface area is 191 Å². The quantitative estimate of drug-likeness (QED) is 0.491. The summed E-state index contributed by atoms with van der Waals surface area (Å²) in [6.45, 7) is 9.66. The fourth-order valence-corrected chi connectivity index (χ4v) is 4.35. The van der Waals surface area contributed by atoms with Crippen LogP contribution in [0.3, 0.4) is 0 Å². The highest BCUT2D eigenvalue weighted by Gasteiger charge is 2.51. The maximum absolute atomic E-state index is 12.9. The number of carbonyl (C=O) groups excluding carboxylic acids is 2. The third-order valence-corrected chi connectivity index (χ3v) is 6.90. The van der Waals surface area contributed by atoms with E-state index in [2.05, 4.69) is 10.2 Å². The van der Waals surface area contributed by atoms with Crippen molar-refractivity contribution >= 4 is 35.2 Å². The van der Waals surface area contributed by atoms with E-state index in [0.717, 1.165) is 15.9 Å². The van der Waals surface area contributed by atoms with Gasteiger partial charge in [0.05, 0.1) is 40.0 Å². The Balaban J connectivity index is 1.58. The summed E-state index contributed by atoms with van der Waals surface area (Å²) in [7, 11) is -0.621. The molecule has 3 aromatic rings. The van der Waals surface area contributed by atoms with E-state index in [1.807, 2.05) is 40.7 Å². The number of aryl methyl sites for hydroxylation is 1. The van der Waals surface area contributed by atoms with Gasteiger partial charge in [0.2, 0.25) is 0 Å². The first-order valence-electron chi connectivity index (χ1n) is 10.8. The smallest absolute Gasteiger partial charge is 0.399 e. The first-order chi connectivity index (χ1) is 15.5. The van der Waals surface area contributed by atoms with Gasteiger partial charge in [-0.05, 0) is 57.8 Å². The van der Waals surface area contributed by atoms with Gasteiger partial charge in [0, 0.05) is 5.39 Å². The zero-order valence-corrected chi connectivity index (χ0v) is 19.2. The van der Waals surface area contributed by atoms with Crippen LogP contribution in [-0.4, -0.2) is 45.2 Å². The number of hydrogen-bond donors (Lipinski definition) is 1. The van der Waals surface area contributed by atoms with Gasteiger partial charge in [-0.3, -0.25) is 19.3 Å². The molecule has 0 unspecified atom stereocenters. The van der Waals surface area contributed by atoms with Crippen molar-refractivity contribution in [3.63, 3.8) is 0 Å². The molecule has 0 bridgehead atoms. The second kappa shape index (κ2) is 7.10. The Morgan fingerprint density at radius 2 is 1.55 bits per heavy atom. The third-order valence-electron chi connectivity index (χ3n) is 6.90. The van der Waals surface area contributed by atoms with Crippen molar-refractivity contribution in [2.45, 2.75) is 52.4 Å². The summed E-state index contributed by atoms with van der Waals surface area (Å²) in [5, 5.41) is 7.72. The Morgan fingerprint density at radius 1 is 0.970 bits per heavy atom. The van der Waals surface area contributed by atoms with Gasteiger partial charge in [-0.25, -0.2) is 5.10 Å². The summed E-state index contributed by atoms with van der Waals surface area (Å²) < 4.78 is 12.4. The lowest BCUT2D eigenvalue weighted by atomic mass is 9.77. The predicted molar refractivity (Wildman–Crippen MR) is 123 cm³/mol. The minimum Gasteiger partial charge on any atom is -0.399 e. The number of rotatable bonds is 3. The molecule has 2 amide bonds. The number of aromatic amines is 1. The molecule has 2 aromatic carbocycles. The molecule has 8 nitrogen and oxygen atoms in total. The number of fused-ring (bicyclic) bond motifs is 2. The van der Waals surface area contributed by atoms with Crippen molar-refractivity contribution in [1.29, 1.82) is 0 Å². The molecular weight excluding hydrogens is 421 g/mol. The van der Waals surface area contributed by atoms with E-state index in [9.17, 15) is 14.4 Å². The molecule has 2 aliphatic rings. The van der Waals surface area contributed by atoms with Crippen LogP contribution in [0.25, 0.3) is 10.8 Å². The topological polar surface area (TPSA) is 102 Å². The molecule has 2 aliphatic heterocycles. The van der Waals surface area contributed by atoms with E-state index in [1.54, 1.807) is 30.3 Å². The van der Waals surface area contributed by atoms with Gasteiger partial charge in [-0.2, -0.15) is 5.10 Å². The number of nitrogens with one attached hydrogen (secondary N) is 1. The largest absolute Gasteiger partial charge is 0.494 e. The third kappa shape index (κ3) is 3.22. The molecule has 3 heterocycles. The van der Waals surface area contributed by atoms with E-state index >= 15 is 0 Å². The lowest BCUT2D eigenvalue weighted by molar-refractivity contribution is 0.00578. The number of carbonyl (C=O) groups is 2. The zero-order valence-electron chi connectivity index (χ0n) is 19.2. The molecule has 33 heavy (non-hydrogen) atoms. The van der Waals surface area contributed by atoms with Crippen LogP contribution in [0.5, 0.6) is 0 Å².